The second-order valence-electron chi connectivity index (χ2n) is 19.7. The van der Waals surface area contributed by atoms with Gasteiger partial charge in [-0.2, -0.15) is 0 Å². The normalized spacial score (nSPS) is 25.0. The molecule has 64 heavy (non-hydrogen) atoms. The molecular weight excluding hydrogens is 809 g/mol. The first-order chi connectivity index (χ1) is 30.8. The Morgan fingerprint density at radius 2 is 1.78 bits per heavy atom. The van der Waals surface area contributed by atoms with Crippen LogP contribution in [0.15, 0.2) is 47.1 Å². The first-order valence-corrected chi connectivity index (χ1v) is 23.7. The van der Waals surface area contributed by atoms with Gasteiger partial charge in [0, 0.05) is 86.9 Å². The summed E-state index contributed by atoms with van der Waals surface area (Å²) in [5.41, 5.74) is 10.6. The second-order valence-corrected chi connectivity index (χ2v) is 19.7. The molecule has 2 amide bonds. The molecule has 3 fully saturated rings. The molecule has 0 spiro atoms. The number of rotatable bonds is 9. The third kappa shape index (κ3) is 9.67. The van der Waals surface area contributed by atoms with E-state index in [2.05, 4.69) is 89.6 Å². The number of benzene rings is 2. The number of fused-ring (bicyclic) bond motifs is 6. The van der Waals surface area contributed by atoms with Crippen LogP contribution in [-0.2, 0) is 43.2 Å². The van der Waals surface area contributed by atoms with Crippen molar-refractivity contribution in [2.45, 2.75) is 122 Å². The van der Waals surface area contributed by atoms with Crippen LogP contribution in [0.5, 0.6) is 5.75 Å². The summed E-state index contributed by atoms with van der Waals surface area (Å²) in [6.07, 6.45) is 8.57. The first kappa shape index (κ1) is 45.9. The third-order valence-corrected chi connectivity index (χ3v) is 14.5. The molecule has 4 N–H and O–H groups in total. The van der Waals surface area contributed by atoms with Crippen molar-refractivity contribution in [1.82, 2.24) is 35.4 Å². The van der Waals surface area contributed by atoms with Gasteiger partial charge in [-0.25, -0.2) is 5.43 Å². The molecule has 8 rings (SSSR count). The SMILES string of the molecule is CCn1c(C2=C([C@H](C)OC)N=CC(N3CCN(C)CC3)C2)c2c3cc(ccc31)-c1cc(O)cc(c1)C[C@H](NC(=O)[C@@H](NC)C1CCCC1)C(=O)N1CCC[C@H](N1)C(=O)OCC(C)(C)C2. The molecule has 1 saturated carbocycles. The molecule has 5 heterocycles. The van der Waals surface area contributed by atoms with Crippen LogP contribution in [0.2, 0.25) is 0 Å². The van der Waals surface area contributed by atoms with E-state index in [0.29, 0.717) is 31.4 Å². The number of nitrogens with one attached hydrogen (secondary N) is 3. The Bertz CT molecular complexity index is 2270. The Balaban J connectivity index is 1.25. The number of nitrogens with zero attached hydrogens (tertiary/aromatic N) is 5. The summed E-state index contributed by atoms with van der Waals surface area (Å²) >= 11 is 0. The molecule has 3 aromatic rings. The molecule has 1 aromatic heterocycles. The summed E-state index contributed by atoms with van der Waals surface area (Å²) in [6, 6.07) is 9.97. The zero-order chi connectivity index (χ0) is 45.3. The van der Waals surface area contributed by atoms with Crippen molar-refractivity contribution in [1.29, 1.82) is 0 Å². The molecule has 14 heteroatoms. The highest BCUT2D eigenvalue weighted by molar-refractivity contribution is 5.95. The Morgan fingerprint density at radius 1 is 1.02 bits per heavy atom. The topological polar surface area (TPSA) is 153 Å². The van der Waals surface area contributed by atoms with E-state index >= 15 is 0 Å². The van der Waals surface area contributed by atoms with Gasteiger partial charge in [-0.3, -0.25) is 29.3 Å². The number of amides is 2. The number of phenols is 1. The lowest BCUT2D eigenvalue weighted by Crippen LogP contribution is -2.61. The Morgan fingerprint density at radius 3 is 2.50 bits per heavy atom. The number of hydrogen-bond acceptors (Lipinski definition) is 11. The summed E-state index contributed by atoms with van der Waals surface area (Å²) in [5, 5.41) is 20.2. The van der Waals surface area contributed by atoms with Crippen LogP contribution in [0.25, 0.3) is 27.6 Å². The molecule has 4 aliphatic heterocycles. The van der Waals surface area contributed by atoms with Crippen LogP contribution in [0.3, 0.4) is 0 Å². The van der Waals surface area contributed by atoms with Crippen molar-refractivity contribution in [2.75, 3.05) is 60.5 Å². The van der Waals surface area contributed by atoms with Gasteiger partial charge in [0.1, 0.15) is 17.8 Å². The first-order valence-electron chi connectivity index (χ1n) is 23.7. The number of aromatic nitrogens is 1. The number of carbonyl (C=O) groups is 3. The van der Waals surface area contributed by atoms with E-state index in [-0.39, 0.29) is 48.7 Å². The number of hydrazine groups is 1. The molecule has 2 saturated heterocycles. The highest BCUT2D eigenvalue weighted by Gasteiger charge is 2.38. The standard InChI is InChI=1S/C50H70N8O6/c1-8-57-43-16-15-34-26-38(43)40(46(57)39-27-36(29-52-44(39)31(2)63-7)56-20-18-55(6)19-21-56)28-50(3,4)30-64-49(62)41-14-11-17-58(54-41)48(61)42(24-32-22-35(34)25-37(59)23-32)53-47(60)45(51-5)33-12-9-10-13-33/h15-16,22-23,25-26,29,31,33,36,41-42,45,51,54,59H,8-14,17-21,24,27-28,30H2,1-7H3,(H,53,60)/t31-,36?,41-,42-,45-/m0/s1. The number of piperazine rings is 1. The number of hydrogen-bond donors (Lipinski definition) is 4. The highest BCUT2D eigenvalue weighted by Crippen LogP contribution is 2.43. The zero-order valence-electron chi connectivity index (χ0n) is 39.0. The van der Waals surface area contributed by atoms with E-state index in [1.54, 1.807) is 26.3 Å². The Labute approximate surface area is 378 Å². The number of ether oxygens (including phenoxy) is 2. The number of esters is 1. The monoisotopic (exact) mass is 879 g/mol. The van der Waals surface area contributed by atoms with Crippen LogP contribution >= 0.6 is 0 Å². The largest absolute Gasteiger partial charge is 0.508 e. The molecule has 1 unspecified atom stereocenters. The van der Waals surface area contributed by atoms with Crippen LogP contribution in [0.4, 0.5) is 0 Å². The molecule has 5 aliphatic rings. The summed E-state index contributed by atoms with van der Waals surface area (Å²) < 4.78 is 14.6. The van der Waals surface area contributed by atoms with E-state index < -0.39 is 29.5 Å². The van der Waals surface area contributed by atoms with E-state index in [9.17, 15) is 19.5 Å². The smallest absolute Gasteiger partial charge is 0.324 e. The van der Waals surface area contributed by atoms with Crippen molar-refractivity contribution >= 4 is 40.5 Å². The quantitative estimate of drug-likeness (QED) is 0.209. The van der Waals surface area contributed by atoms with Crippen molar-refractivity contribution in [3.05, 3.63) is 58.9 Å². The fourth-order valence-electron chi connectivity index (χ4n) is 10.9. The third-order valence-electron chi connectivity index (χ3n) is 14.5. The van der Waals surface area contributed by atoms with Gasteiger partial charge in [0.05, 0.1) is 30.1 Å². The second kappa shape index (κ2) is 19.5. The predicted molar refractivity (Wildman–Crippen MR) is 251 cm³/mol. The van der Waals surface area contributed by atoms with E-state index in [1.807, 2.05) is 6.07 Å². The van der Waals surface area contributed by atoms with Crippen molar-refractivity contribution in [2.24, 2.45) is 16.3 Å². The summed E-state index contributed by atoms with van der Waals surface area (Å²) in [7, 11) is 5.71. The number of aromatic hydroxyl groups is 1. The fourth-order valence-corrected chi connectivity index (χ4v) is 10.9. The lowest BCUT2D eigenvalue weighted by atomic mass is 9.83. The molecule has 14 nitrogen and oxygen atoms in total. The predicted octanol–water partition coefficient (Wildman–Crippen LogP) is 5.30. The molecule has 5 atom stereocenters. The maximum absolute atomic E-state index is 14.5. The summed E-state index contributed by atoms with van der Waals surface area (Å²) in [5.74, 6) is -0.714. The lowest BCUT2D eigenvalue weighted by molar-refractivity contribution is -0.155. The molecule has 2 aromatic carbocycles. The number of methoxy groups -OCH3 is 1. The van der Waals surface area contributed by atoms with Gasteiger partial charge in [0.15, 0.2) is 0 Å². The molecule has 346 valence electrons. The van der Waals surface area contributed by atoms with Crippen LogP contribution < -0.4 is 16.1 Å². The van der Waals surface area contributed by atoms with E-state index in [1.165, 1.54) is 10.6 Å². The van der Waals surface area contributed by atoms with E-state index in [4.69, 9.17) is 14.5 Å². The maximum Gasteiger partial charge on any atom is 0.324 e. The minimum absolute atomic E-state index is 0.0732. The average Bonchev–Trinajstić information content (AvgIpc) is 3.93. The molecular formula is C50H70N8O6. The zero-order valence-corrected chi connectivity index (χ0v) is 39.0. The van der Waals surface area contributed by atoms with E-state index in [0.717, 1.165) is 104 Å². The minimum atomic E-state index is -0.959. The highest BCUT2D eigenvalue weighted by atomic mass is 16.5. The maximum atomic E-state index is 14.5. The van der Waals surface area contributed by atoms with Gasteiger partial charge in [0.2, 0.25) is 5.91 Å². The Kier molecular flexibility index (Phi) is 14.0. The van der Waals surface area contributed by atoms with Gasteiger partial charge in [-0.1, -0.05) is 38.8 Å². The summed E-state index contributed by atoms with van der Waals surface area (Å²) in [6.45, 7) is 13.8. The molecule has 6 bridgehead atoms. The number of phenolic OH excluding ortho intramolecular Hbond substituents is 1. The number of carbonyl (C=O) groups excluding carboxylic acids is 3. The molecule has 0 radical (unpaired) electrons. The van der Waals surface area contributed by atoms with Crippen LogP contribution in [-0.4, -0.2) is 139 Å². The average molecular weight is 879 g/mol. The van der Waals surface area contributed by atoms with Crippen LogP contribution in [0.1, 0.15) is 89.5 Å². The van der Waals surface area contributed by atoms with Crippen molar-refractivity contribution in [3.8, 4) is 16.9 Å². The number of cyclic esters (lactones) is 1. The van der Waals surface area contributed by atoms with Crippen molar-refractivity contribution in [3.63, 3.8) is 0 Å². The van der Waals surface area contributed by atoms with Crippen LogP contribution in [0, 0.1) is 11.3 Å². The lowest BCUT2D eigenvalue weighted by Gasteiger charge is -2.38. The number of aryl methyl sites for hydroxylation is 1. The minimum Gasteiger partial charge on any atom is -0.508 e. The van der Waals surface area contributed by atoms with Gasteiger partial charge in [-0.15, -0.1) is 0 Å². The fraction of sp³-hybridized carbons (Fsp3) is 0.600. The van der Waals surface area contributed by atoms with Gasteiger partial charge >= 0.3 is 5.97 Å². The van der Waals surface area contributed by atoms with Crippen molar-refractivity contribution < 1.29 is 29.0 Å². The number of aliphatic imine (C=N–C) groups is 1. The van der Waals surface area contributed by atoms with Gasteiger partial charge < -0.3 is 34.7 Å². The summed E-state index contributed by atoms with van der Waals surface area (Å²) in [4.78, 5) is 52.7. The molecule has 1 aliphatic carbocycles. The number of likely N-dealkylation sites (N-methyl/N-ethyl adjacent to an activating group) is 2. The van der Waals surface area contributed by atoms with Gasteiger partial charge in [-0.05, 0) is 119 Å². The van der Waals surface area contributed by atoms with Gasteiger partial charge in [0.25, 0.3) is 5.91 Å². The Hall–Kier alpha value is -4.60.